The number of nitrogens with zero attached hydrogens (tertiary/aromatic N) is 2. The Labute approximate surface area is 143 Å². The van der Waals surface area contributed by atoms with Crippen molar-refractivity contribution < 1.29 is 0 Å². The Morgan fingerprint density at radius 2 is 0.917 bits per heavy atom. The van der Waals surface area contributed by atoms with E-state index in [4.69, 9.17) is 0 Å². The van der Waals surface area contributed by atoms with Gasteiger partial charge in [0, 0.05) is 12.4 Å². The van der Waals surface area contributed by atoms with Crippen LogP contribution < -0.4 is 0 Å². The molecule has 0 radical (unpaired) electrons. The molecule has 0 amide bonds. The molecule has 0 aliphatic carbocycles. The van der Waals surface area contributed by atoms with Gasteiger partial charge in [0.05, 0.1) is 11.4 Å². The highest BCUT2D eigenvalue weighted by Crippen LogP contribution is 2.27. The van der Waals surface area contributed by atoms with Crippen molar-refractivity contribution in [2.45, 2.75) is 13.8 Å². The summed E-state index contributed by atoms with van der Waals surface area (Å²) < 4.78 is 0. The summed E-state index contributed by atoms with van der Waals surface area (Å²) in [4.78, 5) is 9.27. The third-order valence-corrected chi connectivity index (χ3v) is 3.94. The molecule has 0 saturated carbocycles. The first kappa shape index (κ1) is 15.9. The van der Waals surface area contributed by atoms with Gasteiger partial charge in [0.25, 0.3) is 0 Å². The van der Waals surface area contributed by atoms with Crippen LogP contribution in [0.2, 0.25) is 0 Å². The predicted molar refractivity (Wildman–Crippen MR) is 103 cm³/mol. The highest BCUT2D eigenvalue weighted by atomic mass is 14.8. The summed E-state index contributed by atoms with van der Waals surface area (Å²) in [7, 11) is 0. The lowest BCUT2D eigenvalue weighted by Gasteiger charge is -2.02. The van der Waals surface area contributed by atoms with Crippen LogP contribution in [0.5, 0.6) is 0 Å². The molecule has 3 aromatic rings. The highest BCUT2D eigenvalue weighted by molar-refractivity contribution is 5.88. The van der Waals surface area contributed by atoms with Gasteiger partial charge < -0.3 is 0 Å². The number of aryl methyl sites for hydroxylation is 2. The largest absolute Gasteiger partial charge is 0.254 e. The summed E-state index contributed by atoms with van der Waals surface area (Å²) in [6.07, 6.45) is 3.80. The third kappa shape index (κ3) is 3.85. The monoisotopic (exact) mass is 312 g/mol. The summed E-state index contributed by atoms with van der Waals surface area (Å²) in [6, 6.07) is 24.4. The lowest BCUT2D eigenvalue weighted by atomic mass is 10.1. The van der Waals surface area contributed by atoms with Gasteiger partial charge in [0.2, 0.25) is 0 Å². The van der Waals surface area contributed by atoms with E-state index in [1.165, 1.54) is 11.1 Å². The van der Waals surface area contributed by atoms with Crippen molar-refractivity contribution >= 4 is 23.8 Å². The molecule has 3 aromatic carbocycles. The molecule has 0 heterocycles. The number of hydrogen-bond donors (Lipinski definition) is 0. The van der Waals surface area contributed by atoms with E-state index >= 15 is 0 Å². The standard InChI is InChI=1S/C22H20N2/c1-17-9-3-5-11-19(17)15-23-21-13-7-8-14-22(21)24-16-20-12-6-4-10-18(20)2/h3-16H,1-2H3. The summed E-state index contributed by atoms with van der Waals surface area (Å²) >= 11 is 0. The van der Waals surface area contributed by atoms with Gasteiger partial charge in [-0.15, -0.1) is 0 Å². The third-order valence-electron chi connectivity index (χ3n) is 3.94. The molecule has 24 heavy (non-hydrogen) atoms. The van der Waals surface area contributed by atoms with E-state index in [9.17, 15) is 0 Å². The average molecular weight is 312 g/mol. The van der Waals surface area contributed by atoms with Crippen LogP contribution in [-0.4, -0.2) is 12.4 Å². The molecule has 0 saturated heterocycles. The van der Waals surface area contributed by atoms with E-state index in [0.717, 1.165) is 22.5 Å². The molecular formula is C22H20N2. The van der Waals surface area contributed by atoms with Gasteiger partial charge in [0.15, 0.2) is 0 Å². The predicted octanol–water partition coefficient (Wildman–Crippen LogP) is 5.80. The van der Waals surface area contributed by atoms with Gasteiger partial charge in [-0.1, -0.05) is 60.7 Å². The van der Waals surface area contributed by atoms with Gasteiger partial charge >= 0.3 is 0 Å². The first-order valence-electron chi connectivity index (χ1n) is 8.02. The molecule has 118 valence electrons. The number of benzene rings is 3. The van der Waals surface area contributed by atoms with Crippen molar-refractivity contribution in [3.05, 3.63) is 95.1 Å². The molecule has 0 N–H and O–H groups in total. The van der Waals surface area contributed by atoms with Gasteiger partial charge in [-0.25, -0.2) is 0 Å². The zero-order valence-corrected chi connectivity index (χ0v) is 14.0. The van der Waals surface area contributed by atoms with Crippen LogP contribution in [0.3, 0.4) is 0 Å². The van der Waals surface area contributed by atoms with E-state index in [0.29, 0.717) is 0 Å². The molecule has 3 rings (SSSR count). The van der Waals surface area contributed by atoms with Crippen molar-refractivity contribution in [2.75, 3.05) is 0 Å². The quantitative estimate of drug-likeness (QED) is 0.544. The minimum Gasteiger partial charge on any atom is -0.254 e. The van der Waals surface area contributed by atoms with Crippen molar-refractivity contribution in [1.82, 2.24) is 0 Å². The van der Waals surface area contributed by atoms with Crippen LogP contribution in [-0.2, 0) is 0 Å². The molecule has 0 unspecified atom stereocenters. The summed E-state index contributed by atoms with van der Waals surface area (Å²) in [5, 5.41) is 0. The van der Waals surface area contributed by atoms with Crippen LogP contribution >= 0.6 is 0 Å². The Kier molecular flexibility index (Phi) is 4.97. The maximum atomic E-state index is 4.63. The highest BCUT2D eigenvalue weighted by Gasteiger charge is 1.99. The Bertz CT molecular complexity index is 817. The number of rotatable bonds is 4. The van der Waals surface area contributed by atoms with Crippen molar-refractivity contribution in [3.63, 3.8) is 0 Å². The molecule has 0 aliphatic rings. The lowest BCUT2D eigenvalue weighted by molar-refractivity contribution is 1.41. The van der Waals surface area contributed by atoms with Crippen LogP contribution in [0.25, 0.3) is 0 Å². The van der Waals surface area contributed by atoms with Gasteiger partial charge in [-0.05, 0) is 48.2 Å². The van der Waals surface area contributed by atoms with Crippen molar-refractivity contribution in [2.24, 2.45) is 9.98 Å². The molecule has 0 aromatic heterocycles. The second-order valence-corrected chi connectivity index (χ2v) is 5.72. The minimum absolute atomic E-state index is 0.866. The van der Waals surface area contributed by atoms with Crippen LogP contribution in [0, 0.1) is 13.8 Å². The summed E-state index contributed by atoms with van der Waals surface area (Å²) in [6.45, 7) is 4.17. The fourth-order valence-electron chi connectivity index (χ4n) is 2.42. The average Bonchev–Trinajstić information content (AvgIpc) is 2.61. The zero-order chi connectivity index (χ0) is 16.8. The Hall–Kier alpha value is -3.00. The first-order valence-corrected chi connectivity index (χ1v) is 8.02. The molecule has 0 bridgehead atoms. The van der Waals surface area contributed by atoms with Gasteiger partial charge in [0.1, 0.15) is 0 Å². The van der Waals surface area contributed by atoms with Crippen molar-refractivity contribution in [1.29, 1.82) is 0 Å². The number of para-hydroxylation sites is 2. The number of hydrogen-bond acceptors (Lipinski definition) is 2. The molecule has 0 atom stereocenters. The molecule has 0 fully saturated rings. The smallest absolute Gasteiger partial charge is 0.0886 e. The fourth-order valence-corrected chi connectivity index (χ4v) is 2.42. The van der Waals surface area contributed by atoms with Crippen LogP contribution in [0.4, 0.5) is 11.4 Å². The second kappa shape index (κ2) is 7.51. The lowest BCUT2D eigenvalue weighted by Crippen LogP contribution is -1.86. The van der Waals surface area contributed by atoms with E-state index in [1.807, 2.05) is 61.0 Å². The second-order valence-electron chi connectivity index (χ2n) is 5.72. The Morgan fingerprint density at radius 1 is 0.542 bits per heavy atom. The maximum absolute atomic E-state index is 4.63. The minimum atomic E-state index is 0.866. The maximum Gasteiger partial charge on any atom is 0.0886 e. The van der Waals surface area contributed by atoms with E-state index in [1.54, 1.807) is 0 Å². The summed E-state index contributed by atoms with van der Waals surface area (Å²) in [5.41, 5.74) is 6.39. The molecule has 0 spiro atoms. The van der Waals surface area contributed by atoms with E-state index in [2.05, 4.69) is 48.1 Å². The molecule has 0 aliphatic heterocycles. The van der Waals surface area contributed by atoms with Gasteiger partial charge in [-0.2, -0.15) is 0 Å². The molecule has 2 nitrogen and oxygen atoms in total. The Morgan fingerprint density at radius 3 is 1.33 bits per heavy atom. The fraction of sp³-hybridized carbons (Fsp3) is 0.0909. The van der Waals surface area contributed by atoms with Crippen molar-refractivity contribution in [3.8, 4) is 0 Å². The van der Waals surface area contributed by atoms with E-state index < -0.39 is 0 Å². The number of aliphatic imine (C=N–C) groups is 2. The Balaban J connectivity index is 1.89. The van der Waals surface area contributed by atoms with Gasteiger partial charge in [-0.3, -0.25) is 9.98 Å². The van der Waals surface area contributed by atoms with Crippen LogP contribution in [0.1, 0.15) is 22.3 Å². The zero-order valence-electron chi connectivity index (χ0n) is 14.0. The van der Waals surface area contributed by atoms with E-state index in [-0.39, 0.29) is 0 Å². The topological polar surface area (TPSA) is 24.7 Å². The molecule has 2 heteroatoms. The van der Waals surface area contributed by atoms with Crippen LogP contribution in [0.15, 0.2) is 82.8 Å². The normalized spacial score (nSPS) is 11.4. The molecular weight excluding hydrogens is 292 g/mol. The summed E-state index contributed by atoms with van der Waals surface area (Å²) in [5.74, 6) is 0. The first-order chi connectivity index (χ1) is 11.7. The SMILES string of the molecule is Cc1ccccc1C=Nc1ccccc1N=Cc1ccccc1C.